The zero-order chi connectivity index (χ0) is 12.4. The first-order chi connectivity index (χ1) is 7.99. The van der Waals surface area contributed by atoms with Gasteiger partial charge in [-0.3, -0.25) is 0 Å². The maximum Gasteiger partial charge on any atom is 0.151 e. The number of rotatable bonds is 4. The second kappa shape index (κ2) is 5.22. The highest BCUT2D eigenvalue weighted by Gasteiger charge is 2.32. The molecule has 0 amide bonds. The smallest absolute Gasteiger partial charge is 0.151 e. The van der Waals surface area contributed by atoms with E-state index in [1.807, 2.05) is 0 Å². The normalized spacial score (nSPS) is 28.3. The Bertz CT molecular complexity index is 352. The predicted octanol–water partition coefficient (Wildman–Crippen LogP) is -0.515. The maximum absolute atomic E-state index is 11.4. The van der Waals surface area contributed by atoms with Crippen LogP contribution in [0, 0.1) is 0 Å². The van der Waals surface area contributed by atoms with Crippen molar-refractivity contribution in [3.05, 3.63) is 0 Å². The van der Waals surface area contributed by atoms with Gasteiger partial charge in [-0.05, 0) is 19.9 Å². The molecule has 0 aromatic heterocycles. The summed E-state index contributed by atoms with van der Waals surface area (Å²) in [6.45, 7) is 7.00. The molecule has 0 spiro atoms. The molecule has 0 aromatic rings. The van der Waals surface area contributed by atoms with Crippen LogP contribution in [0.3, 0.4) is 0 Å². The Morgan fingerprint density at radius 3 is 2.71 bits per heavy atom. The second-order valence-corrected chi connectivity index (χ2v) is 7.55. The fraction of sp³-hybridized carbons (Fsp3) is 1.00. The Labute approximate surface area is 103 Å². The minimum absolute atomic E-state index is 0.00206. The number of nitrogens with zero attached hydrogens (tertiary/aromatic N) is 1. The van der Waals surface area contributed by atoms with E-state index in [0.717, 1.165) is 32.6 Å². The lowest BCUT2D eigenvalue weighted by Gasteiger charge is -2.39. The Morgan fingerprint density at radius 2 is 2.06 bits per heavy atom. The van der Waals surface area contributed by atoms with Gasteiger partial charge in [-0.25, -0.2) is 8.42 Å². The van der Waals surface area contributed by atoms with Crippen molar-refractivity contribution in [3.8, 4) is 0 Å². The zero-order valence-electron chi connectivity index (χ0n) is 10.4. The molecule has 0 bridgehead atoms. The molecule has 2 rings (SSSR count). The van der Waals surface area contributed by atoms with E-state index in [1.165, 1.54) is 0 Å². The lowest BCUT2D eigenvalue weighted by molar-refractivity contribution is -0.0717. The molecule has 2 aliphatic heterocycles. The molecule has 1 N–H and O–H groups in total. The Morgan fingerprint density at radius 1 is 1.29 bits per heavy atom. The predicted molar refractivity (Wildman–Crippen MR) is 66.9 cm³/mol. The summed E-state index contributed by atoms with van der Waals surface area (Å²) in [5.74, 6) is 0.637. The minimum Gasteiger partial charge on any atom is -0.371 e. The molecular weight excluding hydrogens is 240 g/mol. The van der Waals surface area contributed by atoms with Crippen molar-refractivity contribution in [1.29, 1.82) is 0 Å². The lowest BCUT2D eigenvalue weighted by Crippen LogP contribution is -2.59. The quantitative estimate of drug-likeness (QED) is 0.739. The molecule has 5 nitrogen and oxygen atoms in total. The van der Waals surface area contributed by atoms with Gasteiger partial charge in [0, 0.05) is 26.2 Å². The van der Waals surface area contributed by atoms with Crippen LogP contribution in [0.15, 0.2) is 0 Å². The van der Waals surface area contributed by atoms with Gasteiger partial charge >= 0.3 is 0 Å². The van der Waals surface area contributed by atoms with Crippen LogP contribution in [-0.2, 0) is 14.6 Å². The fourth-order valence-corrected chi connectivity index (χ4v) is 3.52. The van der Waals surface area contributed by atoms with Crippen molar-refractivity contribution in [2.24, 2.45) is 0 Å². The van der Waals surface area contributed by atoms with Gasteiger partial charge in [0.15, 0.2) is 9.84 Å². The van der Waals surface area contributed by atoms with Gasteiger partial charge in [-0.1, -0.05) is 0 Å². The number of ether oxygens (including phenoxy) is 1. The molecule has 0 atom stereocenters. The zero-order valence-corrected chi connectivity index (χ0v) is 11.3. The van der Waals surface area contributed by atoms with Crippen molar-refractivity contribution in [3.63, 3.8) is 0 Å². The standard InChI is InChI=1S/C11H22N2O3S/c1-11(9-12-10-11)16-6-4-13-3-2-7-17(14,15)8-5-13/h12H,2-10H2,1H3. The van der Waals surface area contributed by atoms with Gasteiger partial charge < -0.3 is 15.0 Å². The molecule has 17 heavy (non-hydrogen) atoms. The molecule has 2 saturated heterocycles. The monoisotopic (exact) mass is 262 g/mol. The molecular formula is C11H22N2O3S. The molecule has 0 saturated carbocycles. The van der Waals surface area contributed by atoms with Gasteiger partial charge in [0.05, 0.1) is 23.7 Å². The summed E-state index contributed by atoms with van der Waals surface area (Å²) in [4.78, 5) is 2.19. The van der Waals surface area contributed by atoms with E-state index in [9.17, 15) is 8.42 Å². The Hall–Kier alpha value is -0.170. The molecule has 2 heterocycles. The van der Waals surface area contributed by atoms with E-state index in [1.54, 1.807) is 0 Å². The van der Waals surface area contributed by atoms with Crippen molar-refractivity contribution in [1.82, 2.24) is 10.2 Å². The van der Waals surface area contributed by atoms with Crippen LogP contribution in [0.4, 0.5) is 0 Å². The summed E-state index contributed by atoms with van der Waals surface area (Å²) in [5, 5.41) is 3.19. The van der Waals surface area contributed by atoms with Gasteiger partial charge in [0.25, 0.3) is 0 Å². The lowest BCUT2D eigenvalue weighted by atomic mass is 10.0. The van der Waals surface area contributed by atoms with Crippen molar-refractivity contribution < 1.29 is 13.2 Å². The van der Waals surface area contributed by atoms with E-state index in [4.69, 9.17) is 4.74 Å². The third kappa shape index (κ3) is 3.91. The number of nitrogens with one attached hydrogen (secondary N) is 1. The van der Waals surface area contributed by atoms with Crippen molar-refractivity contribution in [2.45, 2.75) is 18.9 Å². The van der Waals surface area contributed by atoms with Crippen molar-refractivity contribution in [2.75, 3.05) is 50.8 Å². The summed E-state index contributed by atoms with van der Waals surface area (Å²) < 4.78 is 28.7. The molecule has 0 aromatic carbocycles. The SMILES string of the molecule is CC1(OCCN2CCCS(=O)(=O)CC2)CNC1. The first-order valence-corrected chi connectivity index (χ1v) is 8.09. The van der Waals surface area contributed by atoms with E-state index in [2.05, 4.69) is 17.1 Å². The fourth-order valence-electron chi connectivity index (χ4n) is 2.21. The van der Waals surface area contributed by atoms with Gasteiger partial charge in [-0.2, -0.15) is 0 Å². The van der Waals surface area contributed by atoms with Gasteiger partial charge in [0.2, 0.25) is 0 Å². The highest BCUT2D eigenvalue weighted by atomic mass is 32.2. The van der Waals surface area contributed by atoms with Crippen LogP contribution in [0.25, 0.3) is 0 Å². The first kappa shape index (κ1) is 13.3. The third-order valence-electron chi connectivity index (χ3n) is 3.50. The summed E-state index contributed by atoms with van der Waals surface area (Å²) in [5.41, 5.74) is -0.00206. The van der Waals surface area contributed by atoms with Crippen LogP contribution < -0.4 is 5.32 Å². The van der Waals surface area contributed by atoms with Crippen molar-refractivity contribution >= 4 is 9.84 Å². The van der Waals surface area contributed by atoms with Crippen LogP contribution >= 0.6 is 0 Å². The van der Waals surface area contributed by atoms with Crippen LogP contribution in [0.5, 0.6) is 0 Å². The summed E-state index contributed by atoms with van der Waals surface area (Å²) in [6, 6.07) is 0. The van der Waals surface area contributed by atoms with E-state index >= 15 is 0 Å². The van der Waals surface area contributed by atoms with E-state index in [-0.39, 0.29) is 5.60 Å². The Kier molecular flexibility index (Phi) is 4.07. The molecule has 2 aliphatic rings. The topological polar surface area (TPSA) is 58.6 Å². The summed E-state index contributed by atoms with van der Waals surface area (Å²) in [6.07, 6.45) is 0.751. The molecule has 0 aliphatic carbocycles. The van der Waals surface area contributed by atoms with E-state index in [0.29, 0.717) is 24.7 Å². The minimum atomic E-state index is -2.79. The Balaban J connectivity index is 1.69. The number of hydrogen-bond donors (Lipinski definition) is 1. The van der Waals surface area contributed by atoms with Crippen LogP contribution in [0.1, 0.15) is 13.3 Å². The van der Waals surface area contributed by atoms with Crippen LogP contribution in [0.2, 0.25) is 0 Å². The molecule has 6 heteroatoms. The molecule has 2 fully saturated rings. The average molecular weight is 262 g/mol. The molecule has 0 radical (unpaired) electrons. The highest BCUT2D eigenvalue weighted by Crippen LogP contribution is 2.15. The maximum atomic E-state index is 11.4. The first-order valence-electron chi connectivity index (χ1n) is 6.27. The summed E-state index contributed by atoms with van der Waals surface area (Å²) in [7, 11) is -2.79. The average Bonchev–Trinajstić information content (AvgIpc) is 2.38. The van der Waals surface area contributed by atoms with Gasteiger partial charge in [-0.15, -0.1) is 0 Å². The highest BCUT2D eigenvalue weighted by molar-refractivity contribution is 7.91. The molecule has 0 unspecified atom stereocenters. The molecule has 100 valence electrons. The number of hydrogen-bond acceptors (Lipinski definition) is 5. The number of sulfone groups is 1. The van der Waals surface area contributed by atoms with Gasteiger partial charge in [0.1, 0.15) is 0 Å². The third-order valence-corrected chi connectivity index (χ3v) is 5.22. The van der Waals surface area contributed by atoms with E-state index < -0.39 is 9.84 Å². The largest absolute Gasteiger partial charge is 0.371 e. The van der Waals surface area contributed by atoms with Crippen LogP contribution in [-0.4, -0.2) is 69.8 Å². The summed E-state index contributed by atoms with van der Waals surface area (Å²) >= 11 is 0. The second-order valence-electron chi connectivity index (χ2n) is 5.25.